The van der Waals surface area contributed by atoms with Gasteiger partial charge in [0.15, 0.2) is 0 Å². The summed E-state index contributed by atoms with van der Waals surface area (Å²) in [5.74, 6) is -0.666. The van der Waals surface area contributed by atoms with Crippen molar-refractivity contribution >= 4 is 17.5 Å². The Morgan fingerprint density at radius 1 is 1.52 bits per heavy atom. The average Bonchev–Trinajstić information content (AvgIpc) is 2.87. The fourth-order valence-corrected chi connectivity index (χ4v) is 2.18. The summed E-state index contributed by atoms with van der Waals surface area (Å²) in [6.07, 6.45) is 3.41. The fourth-order valence-electron chi connectivity index (χ4n) is 1.98. The van der Waals surface area contributed by atoms with Crippen LogP contribution in [0.2, 0.25) is 5.02 Å². The minimum absolute atomic E-state index is 0.0409. The maximum atomic E-state index is 13.1. The number of aryl methyl sites for hydroxylation is 1. The molecule has 0 radical (unpaired) electrons. The highest BCUT2D eigenvalue weighted by molar-refractivity contribution is 6.30. The SMILES string of the molecule is CNC(C(=O)NCc1ccc(F)c(Cl)c1)c1cnn(C)c1. The lowest BCUT2D eigenvalue weighted by atomic mass is 10.1. The zero-order chi connectivity index (χ0) is 15.4. The normalized spacial score (nSPS) is 12.2. The molecule has 1 aromatic carbocycles. The van der Waals surface area contributed by atoms with Gasteiger partial charge in [-0.3, -0.25) is 9.48 Å². The first-order chi connectivity index (χ1) is 10.0. The van der Waals surface area contributed by atoms with Gasteiger partial charge in [-0.1, -0.05) is 17.7 Å². The summed E-state index contributed by atoms with van der Waals surface area (Å²) in [6, 6.07) is 3.87. The van der Waals surface area contributed by atoms with E-state index in [0.29, 0.717) is 0 Å². The zero-order valence-electron chi connectivity index (χ0n) is 11.7. The summed E-state index contributed by atoms with van der Waals surface area (Å²) in [7, 11) is 3.49. The van der Waals surface area contributed by atoms with Crippen LogP contribution in [0.4, 0.5) is 4.39 Å². The molecule has 2 rings (SSSR count). The molecule has 2 N–H and O–H groups in total. The van der Waals surface area contributed by atoms with E-state index >= 15 is 0 Å². The number of aromatic nitrogens is 2. The number of likely N-dealkylation sites (N-methyl/N-ethyl adjacent to an activating group) is 1. The first-order valence-electron chi connectivity index (χ1n) is 6.38. The molecule has 1 heterocycles. The van der Waals surface area contributed by atoms with Crippen molar-refractivity contribution < 1.29 is 9.18 Å². The predicted molar refractivity (Wildman–Crippen MR) is 78.3 cm³/mol. The van der Waals surface area contributed by atoms with E-state index < -0.39 is 11.9 Å². The van der Waals surface area contributed by atoms with Crippen LogP contribution in [0.3, 0.4) is 0 Å². The van der Waals surface area contributed by atoms with E-state index in [4.69, 9.17) is 11.6 Å². The van der Waals surface area contributed by atoms with Gasteiger partial charge < -0.3 is 10.6 Å². The van der Waals surface area contributed by atoms with E-state index in [2.05, 4.69) is 15.7 Å². The van der Waals surface area contributed by atoms with Gasteiger partial charge >= 0.3 is 0 Å². The minimum atomic E-state index is -0.491. The highest BCUT2D eigenvalue weighted by Crippen LogP contribution is 2.16. The largest absolute Gasteiger partial charge is 0.350 e. The third kappa shape index (κ3) is 3.80. The van der Waals surface area contributed by atoms with E-state index in [1.807, 2.05) is 0 Å². The quantitative estimate of drug-likeness (QED) is 0.885. The number of rotatable bonds is 5. The summed E-state index contributed by atoms with van der Waals surface area (Å²) in [5, 5.41) is 9.81. The minimum Gasteiger partial charge on any atom is -0.350 e. The van der Waals surface area contributed by atoms with Crippen molar-refractivity contribution in [2.75, 3.05) is 7.05 Å². The Morgan fingerprint density at radius 2 is 2.29 bits per heavy atom. The van der Waals surface area contributed by atoms with Gasteiger partial charge in [-0.25, -0.2) is 4.39 Å². The second-order valence-electron chi connectivity index (χ2n) is 4.64. The smallest absolute Gasteiger partial charge is 0.242 e. The lowest BCUT2D eigenvalue weighted by Gasteiger charge is -2.14. The van der Waals surface area contributed by atoms with Crippen LogP contribution < -0.4 is 10.6 Å². The molecule has 1 aromatic heterocycles. The molecular formula is C14H16ClFN4O. The Balaban J connectivity index is 2.01. The Labute approximate surface area is 127 Å². The number of halogens is 2. The van der Waals surface area contributed by atoms with Gasteiger partial charge in [-0.15, -0.1) is 0 Å². The van der Waals surface area contributed by atoms with Gasteiger partial charge in [0.2, 0.25) is 5.91 Å². The summed E-state index contributed by atoms with van der Waals surface area (Å²) in [4.78, 5) is 12.2. The third-order valence-corrected chi connectivity index (χ3v) is 3.35. The van der Waals surface area contributed by atoms with Crippen LogP contribution >= 0.6 is 11.6 Å². The van der Waals surface area contributed by atoms with E-state index in [1.165, 1.54) is 12.1 Å². The van der Waals surface area contributed by atoms with Crippen LogP contribution in [-0.4, -0.2) is 22.7 Å². The van der Waals surface area contributed by atoms with Gasteiger partial charge in [0, 0.05) is 25.4 Å². The lowest BCUT2D eigenvalue weighted by Crippen LogP contribution is -2.35. The van der Waals surface area contributed by atoms with Crippen molar-refractivity contribution in [1.82, 2.24) is 20.4 Å². The van der Waals surface area contributed by atoms with Gasteiger partial charge in [-0.05, 0) is 24.7 Å². The van der Waals surface area contributed by atoms with E-state index in [0.717, 1.165) is 11.1 Å². The molecule has 1 amide bonds. The molecule has 0 saturated carbocycles. The van der Waals surface area contributed by atoms with Gasteiger partial charge in [0.05, 0.1) is 11.2 Å². The fraction of sp³-hybridized carbons (Fsp3) is 0.286. The maximum Gasteiger partial charge on any atom is 0.242 e. The maximum absolute atomic E-state index is 13.1. The van der Waals surface area contributed by atoms with Crippen molar-refractivity contribution in [3.63, 3.8) is 0 Å². The zero-order valence-corrected chi connectivity index (χ0v) is 12.5. The third-order valence-electron chi connectivity index (χ3n) is 3.06. The van der Waals surface area contributed by atoms with Crippen molar-refractivity contribution in [1.29, 1.82) is 0 Å². The number of carbonyl (C=O) groups is 1. The summed E-state index contributed by atoms with van der Waals surface area (Å²) >= 11 is 5.71. The van der Waals surface area contributed by atoms with Gasteiger partial charge in [-0.2, -0.15) is 5.10 Å². The standard InChI is InChI=1S/C14H16ClFN4O/c1-17-13(10-7-19-20(2)8-10)14(21)18-6-9-3-4-12(16)11(15)5-9/h3-5,7-8,13,17H,6H2,1-2H3,(H,18,21). The molecular weight excluding hydrogens is 295 g/mol. The predicted octanol–water partition coefficient (Wildman–Crippen LogP) is 1.79. The van der Waals surface area contributed by atoms with E-state index in [1.54, 1.807) is 37.2 Å². The van der Waals surface area contributed by atoms with Crippen LogP contribution in [0, 0.1) is 5.82 Å². The molecule has 0 saturated heterocycles. The number of hydrogen-bond donors (Lipinski definition) is 2. The Bertz CT molecular complexity index is 644. The summed E-state index contributed by atoms with van der Waals surface area (Å²) in [6.45, 7) is 0.275. The second kappa shape index (κ2) is 6.69. The molecule has 0 aliphatic rings. The molecule has 0 fully saturated rings. The van der Waals surface area contributed by atoms with E-state index in [9.17, 15) is 9.18 Å². The second-order valence-corrected chi connectivity index (χ2v) is 5.04. The van der Waals surface area contributed by atoms with Crippen molar-refractivity contribution in [3.05, 3.63) is 52.6 Å². The molecule has 0 bridgehead atoms. The number of hydrogen-bond acceptors (Lipinski definition) is 3. The molecule has 112 valence electrons. The summed E-state index contributed by atoms with van der Waals surface area (Å²) in [5.41, 5.74) is 1.51. The first-order valence-corrected chi connectivity index (χ1v) is 6.76. The van der Waals surface area contributed by atoms with Crippen LogP contribution in [-0.2, 0) is 18.4 Å². The van der Waals surface area contributed by atoms with Gasteiger partial charge in [0.1, 0.15) is 11.9 Å². The molecule has 1 atom stereocenters. The number of nitrogens with zero attached hydrogens (tertiary/aromatic N) is 2. The molecule has 21 heavy (non-hydrogen) atoms. The average molecular weight is 311 g/mol. The monoisotopic (exact) mass is 310 g/mol. The van der Waals surface area contributed by atoms with Crippen LogP contribution in [0.1, 0.15) is 17.2 Å². The molecule has 1 unspecified atom stereocenters. The molecule has 5 nitrogen and oxygen atoms in total. The van der Waals surface area contributed by atoms with Gasteiger partial charge in [0.25, 0.3) is 0 Å². The molecule has 0 spiro atoms. The van der Waals surface area contributed by atoms with Crippen LogP contribution in [0.15, 0.2) is 30.6 Å². The Kier molecular flexibility index (Phi) is 4.93. The van der Waals surface area contributed by atoms with Crippen molar-refractivity contribution in [2.24, 2.45) is 7.05 Å². The number of benzene rings is 1. The summed E-state index contributed by atoms with van der Waals surface area (Å²) < 4.78 is 14.7. The van der Waals surface area contributed by atoms with Crippen LogP contribution in [0.5, 0.6) is 0 Å². The Morgan fingerprint density at radius 3 is 2.86 bits per heavy atom. The molecule has 2 aromatic rings. The molecule has 7 heteroatoms. The topological polar surface area (TPSA) is 59.0 Å². The van der Waals surface area contributed by atoms with E-state index in [-0.39, 0.29) is 17.5 Å². The van der Waals surface area contributed by atoms with Crippen molar-refractivity contribution in [3.8, 4) is 0 Å². The number of nitrogens with one attached hydrogen (secondary N) is 2. The first kappa shape index (κ1) is 15.5. The highest BCUT2D eigenvalue weighted by atomic mass is 35.5. The van der Waals surface area contributed by atoms with Crippen molar-refractivity contribution in [2.45, 2.75) is 12.6 Å². The molecule has 0 aliphatic heterocycles. The lowest BCUT2D eigenvalue weighted by molar-refractivity contribution is -0.123. The number of carbonyl (C=O) groups excluding carboxylic acids is 1. The Hall–Kier alpha value is -1.92. The number of amides is 1. The molecule has 0 aliphatic carbocycles. The van der Waals surface area contributed by atoms with Crippen LogP contribution in [0.25, 0.3) is 0 Å². The highest BCUT2D eigenvalue weighted by Gasteiger charge is 2.19.